The molecule has 0 radical (unpaired) electrons. The third-order valence-corrected chi connectivity index (χ3v) is 5.64. The first-order valence-corrected chi connectivity index (χ1v) is 8.92. The van der Waals surface area contributed by atoms with Crippen LogP contribution >= 0.6 is 0 Å². The molecule has 8 heteroatoms. The maximum absolute atomic E-state index is 11.2. The lowest BCUT2D eigenvalue weighted by molar-refractivity contribution is -0.384. The predicted octanol–water partition coefficient (Wildman–Crippen LogP) is 3.06. The molecule has 1 saturated carbocycles. The molecular formula is C17H23N5O3. The minimum atomic E-state index is -0.351. The normalized spacial score (nSPS) is 29.6. The zero-order chi connectivity index (χ0) is 17.4. The first kappa shape index (κ1) is 16.4. The van der Waals surface area contributed by atoms with Crippen LogP contribution in [0.1, 0.15) is 31.2 Å². The van der Waals surface area contributed by atoms with Crippen LogP contribution in [0.5, 0.6) is 0 Å². The SMILES string of the molecule is Cc1ccc([N+](=O)[O-])cc1N1N=N[C@H]2CCCC[C@]21N1CCOCC1. The second-order valence-electron chi connectivity index (χ2n) is 6.98. The van der Waals surface area contributed by atoms with E-state index >= 15 is 0 Å². The summed E-state index contributed by atoms with van der Waals surface area (Å²) < 4.78 is 5.54. The number of hydrogen-bond donors (Lipinski definition) is 0. The molecule has 134 valence electrons. The van der Waals surface area contributed by atoms with Crippen molar-refractivity contribution >= 4 is 11.4 Å². The summed E-state index contributed by atoms with van der Waals surface area (Å²) in [7, 11) is 0. The molecule has 1 aromatic rings. The van der Waals surface area contributed by atoms with Crippen LogP contribution in [0.15, 0.2) is 28.5 Å². The van der Waals surface area contributed by atoms with E-state index in [1.165, 1.54) is 0 Å². The number of hydrogen-bond acceptors (Lipinski definition) is 7. The first-order valence-electron chi connectivity index (χ1n) is 8.92. The van der Waals surface area contributed by atoms with E-state index < -0.39 is 0 Å². The van der Waals surface area contributed by atoms with Gasteiger partial charge in [0.25, 0.3) is 5.69 Å². The third kappa shape index (κ3) is 2.60. The monoisotopic (exact) mass is 345 g/mol. The Morgan fingerprint density at radius 1 is 1.32 bits per heavy atom. The summed E-state index contributed by atoms with van der Waals surface area (Å²) in [6.07, 6.45) is 4.24. The highest BCUT2D eigenvalue weighted by Crippen LogP contribution is 2.46. The van der Waals surface area contributed by atoms with Crippen LogP contribution in [0.4, 0.5) is 11.4 Å². The van der Waals surface area contributed by atoms with Crippen molar-refractivity contribution in [1.82, 2.24) is 4.90 Å². The molecule has 1 aliphatic carbocycles. The number of nitro benzene ring substituents is 1. The quantitative estimate of drug-likeness (QED) is 0.621. The van der Waals surface area contributed by atoms with Crippen LogP contribution in [0.3, 0.4) is 0 Å². The van der Waals surface area contributed by atoms with Gasteiger partial charge in [-0.3, -0.25) is 15.0 Å². The lowest BCUT2D eigenvalue weighted by atomic mass is 9.82. The molecule has 8 nitrogen and oxygen atoms in total. The molecule has 25 heavy (non-hydrogen) atoms. The molecule has 1 saturated heterocycles. The number of anilines is 1. The number of rotatable bonds is 3. The highest BCUT2D eigenvalue weighted by Gasteiger charge is 2.55. The standard InChI is InChI=1S/C17H23N5O3/c1-13-5-6-14(22(23)24)12-15(13)21-17(20-8-10-25-11-9-20)7-3-2-4-16(17)18-19-21/h5-6,12,16H,2-4,7-11H2,1H3/t16-,17+/m0/s1. The third-order valence-electron chi connectivity index (χ3n) is 5.64. The van der Waals surface area contributed by atoms with Crippen molar-refractivity contribution in [2.24, 2.45) is 10.3 Å². The number of nitro groups is 1. The Morgan fingerprint density at radius 3 is 2.88 bits per heavy atom. The summed E-state index contributed by atoms with van der Waals surface area (Å²) in [5, 5.41) is 22.3. The fourth-order valence-electron chi connectivity index (χ4n) is 4.36. The molecule has 0 spiro atoms. The molecule has 2 fully saturated rings. The van der Waals surface area contributed by atoms with Gasteiger partial charge in [-0.05, 0) is 31.7 Å². The molecule has 1 aromatic carbocycles. The van der Waals surface area contributed by atoms with E-state index in [2.05, 4.69) is 15.2 Å². The summed E-state index contributed by atoms with van der Waals surface area (Å²) in [5.74, 6) is 0. The summed E-state index contributed by atoms with van der Waals surface area (Å²) in [5.41, 5.74) is 1.53. The maximum atomic E-state index is 11.2. The number of non-ortho nitro benzene ring substituents is 1. The van der Waals surface area contributed by atoms with Gasteiger partial charge in [-0.2, -0.15) is 5.11 Å². The van der Waals surface area contributed by atoms with Crippen LogP contribution in [-0.4, -0.2) is 47.8 Å². The van der Waals surface area contributed by atoms with Gasteiger partial charge in [-0.15, -0.1) is 0 Å². The summed E-state index contributed by atoms with van der Waals surface area (Å²) >= 11 is 0. The Morgan fingerprint density at radius 2 is 2.12 bits per heavy atom. The van der Waals surface area contributed by atoms with Crippen molar-refractivity contribution < 1.29 is 9.66 Å². The summed E-state index contributed by atoms with van der Waals surface area (Å²) in [4.78, 5) is 13.3. The van der Waals surface area contributed by atoms with E-state index in [1.807, 2.05) is 11.9 Å². The van der Waals surface area contributed by atoms with Gasteiger partial charge in [0.2, 0.25) is 0 Å². The van der Waals surface area contributed by atoms with Gasteiger partial charge < -0.3 is 4.74 Å². The molecule has 2 heterocycles. The largest absolute Gasteiger partial charge is 0.379 e. The summed E-state index contributed by atoms with van der Waals surface area (Å²) in [6.45, 7) is 5.06. The average molecular weight is 345 g/mol. The van der Waals surface area contributed by atoms with Crippen molar-refractivity contribution in [2.45, 2.75) is 44.3 Å². The Labute approximate surface area is 146 Å². The predicted molar refractivity (Wildman–Crippen MR) is 92.5 cm³/mol. The van der Waals surface area contributed by atoms with Gasteiger partial charge in [-0.25, -0.2) is 5.01 Å². The second-order valence-corrected chi connectivity index (χ2v) is 6.98. The van der Waals surface area contributed by atoms with Crippen LogP contribution < -0.4 is 5.01 Å². The highest BCUT2D eigenvalue weighted by molar-refractivity contribution is 5.60. The van der Waals surface area contributed by atoms with E-state index in [0.717, 1.165) is 50.0 Å². The first-order chi connectivity index (χ1) is 12.1. The Kier molecular flexibility index (Phi) is 4.16. The van der Waals surface area contributed by atoms with E-state index in [-0.39, 0.29) is 22.3 Å². The van der Waals surface area contributed by atoms with E-state index in [1.54, 1.807) is 18.2 Å². The number of nitrogens with zero attached hydrogens (tertiary/aromatic N) is 5. The summed E-state index contributed by atoms with van der Waals surface area (Å²) in [6, 6.07) is 5.09. The lowest BCUT2D eigenvalue weighted by Crippen LogP contribution is -2.66. The van der Waals surface area contributed by atoms with E-state index in [9.17, 15) is 10.1 Å². The molecule has 4 rings (SSSR count). The average Bonchev–Trinajstić information content (AvgIpc) is 3.03. The van der Waals surface area contributed by atoms with E-state index in [4.69, 9.17) is 4.74 Å². The molecule has 0 bridgehead atoms. The van der Waals surface area contributed by atoms with Crippen molar-refractivity contribution in [3.8, 4) is 0 Å². The van der Waals surface area contributed by atoms with Gasteiger partial charge >= 0.3 is 0 Å². The maximum Gasteiger partial charge on any atom is 0.271 e. The molecule has 0 aromatic heterocycles. The van der Waals surface area contributed by atoms with Crippen molar-refractivity contribution in [3.05, 3.63) is 33.9 Å². The molecule has 0 N–H and O–H groups in total. The van der Waals surface area contributed by atoms with Crippen molar-refractivity contribution in [3.63, 3.8) is 0 Å². The van der Waals surface area contributed by atoms with E-state index in [0.29, 0.717) is 13.2 Å². The molecule has 3 aliphatic rings. The lowest BCUT2D eigenvalue weighted by Gasteiger charge is -2.51. The minimum Gasteiger partial charge on any atom is -0.379 e. The second kappa shape index (κ2) is 6.34. The molecular weight excluding hydrogens is 322 g/mol. The van der Waals surface area contributed by atoms with Crippen molar-refractivity contribution in [2.75, 3.05) is 31.3 Å². The fourth-order valence-corrected chi connectivity index (χ4v) is 4.36. The highest BCUT2D eigenvalue weighted by atomic mass is 16.6. The molecule has 2 aliphatic heterocycles. The Bertz CT molecular complexity index is 704. The van der Waals surface area contributed by atoms with Crippen LogP contribution in [0, 0.1) is 17.0 Å². The van der Waals surface area contributed by atoms with Gasteiger partial charge in [0.15, 0.2) is 0 Å². The number of fused-ring (bicyclic) bond motifs is 1. The number of benzene rings is 1. The van der Waals surface area contributed by atoms with Crippen molar-refractivity contribution in [1.29, 1.82) is 0 Å². The molecule has 2 atom stereocenters. The van der Waals surface area contributed by atoms with Crippen LogP contribution in [0.25, 0.3) is 0 Å². The zero-order valence-corrected chi connectivity index (χ0v) is 14.4. The Balaban J connectivity index is 1.78. The Hall–Kier alpha value is -2.06. The number of aryl methyl sites for hydroxylation is 1. The zero-order valence-electron chi connectivity index (χ0n) is 14.4. The van der Waals surface area contributed by atoms with Gasteiger partial charge in [0.1, 0.15) is 11.7 Å². The minimum absolute atomic E-state index is 0.0900. The van der Waals surface area contributed by atoms with Crippen LogP contribution in [0.2, 0.25) is 0 Å². The topological polar surface area (TPSA) is 83.6 Å². The fraction of sp³-hybridized carbons (Fsp3) is 0.647. The number of ether oxygens (including phenoxy) is 1. The van der Waals surface area contributed by atoms with Crippen LogP contribution in [-0.2, 0) is 4.74 Å². The van der Waals surface area contributed by atoms with Gasteiger partial charge in [0.05, 0.1) is 23.8 Å². The van der Waals surface area contributed by atoms with Gasteiger partial charge in [0, 0.05) is 25.2 Å². The smallest absolute Gasteiger partial charge is 0.271 e. The number of morpholine rings is 1. The van der Waals surface area contributed by atoms with Gasteiger partial charge in [-0.1, -0.05) is 17.7 Å². The molecule has 0 unspecified atom stereocenters. The molecule has 0 amide bonds.